The molecule has 146 valence electrons. The summed E-state index contributed by atoms with van der Waals surface area (Å²) in [5.74, 6) is 0.548. The van der Waals surface area contributed by atoms with E-state index in [0.717, 1.165) is 10.2 Å². The van der Waals surface area contributed by atoms with Gasteiger partial charge in [-0.2, -0.15) is 4.31 Å². The van der Waals surface area contributed by atoms with Gasteiger partial charge in [0.2, 0.25) is 10.0 Å². The molecule has 1 aliphatic heterocycles. The molecule has 1 aliphatic rings. The van der Waals surface area contributed by atoms with E-state index in [0.29, 0.717) is 38.5 Å². The first-order chi connectivity index (χ1) is 12.8. The Balaban J connectivity index is 1.74. The minimum absolute atomic E-state index is 0.272. The molecule has 0 unspecified atom stereocenters. The topological polar surface area (TPSA) is 49.9 Å². The number of nitrogens with zero attached hydrogens (tertiary/aromatic N) is 2. The van der Waals surface area contributed by atoms with Crippen LogP contribution in [0.1, 0.15) is 18.1 Å². The second-order valence-corrected chi connectivity index (χ2v) is 9.48. The number of hydrogen-bond acceptors (Lipinski definition) is 4. The molecule has 27 heavy (non-hydrogen) atoms. The molecule has 0 radical (unpaired) electrons. The molecule has 0 aliphatic carbocycles. The zero-order valence-electron chi connectivity index (χ0n) is 15.9. The first-order valence-corrected chi connectivity index (χ1v) is 11.3. The van der Waals surface area contributed by atoms with Gasteiger partial charge < -0.3 is 9.64 Å². The molecule has 1 heterocycles. The number of sulfonamides is 1. The van der Waals surface area contributed by atoms with Crippen LogP contribution in [0.4, 0.5) is 5.69 Å². The van der Waals surface area contributed by atoms with Crippen molar-refractivity contribution in [3.05, 3.63) is 52.0 Å². The van der Waals surface area contributed by atoms with Crippen molar-refractivity contribution >= 4 is 31.6 Å². The lowest BCUT2D eigenvalue weighted by atomic mass is 10.1. The van der Waals surface area contributed by atoms with Crippen molar-refractivity contribution < 1.29 is 13.2 Å². The summed E-state index contributed by atoms with van der Waals surface area (Å²) in [4.78, 5) is 2.51. The number of piperazine rings is 1. The van der Waals surface area contributed by atoms with Crippen molar-refractivity contribution in [1.29, 1.82) is 0 Å². The summed E-state index contributed by atoms with van der Waals surface area (Å²) in [6, 6.07) is 11.3. The van der Waals surface area contributed by atoms with Gasteiger partial charge in [-0.3, -0.25) is 0 Å². The fraction of sp³-hybridized carbons (Fsp3) is 0.400. The van der Waals surface area contributed by atoms with E-state index in [1.165, 1.54) is 11.1 Å². The Morgan fingerprint density at radius 1 is 1.00 bits per heavy atom. The number of ether oxygens (including phenoxy) is 1. The SMILES string of the molecule is CCOc1cc(S(=O)(=O)N2CCN(c3ccc(C)c(C)c3)CC2)ccc1Br. The second kappa shape index (κ2) is 8.20. The lowest BCUT2D eigenvalue weighted by molar-refractivity contribution is 0.336. The highest BCUT2D eigenvalue weighted by Gasteiger charge is 2.29. The molecule has 0 spiro atoms. The van der Waals surface area contributed by atoms with E-state index in [4.69, 9.17) is 4.74 Å². The average molecular weight is 453 g/mol. The van der Waals surface area contributed by atoms with Crippen LogP contribution < -0.4 is 9.64 Å². The smallest absolute Gasteiger partial charge is 0.243 e. The van der Waals surface area contributed by atoms with Gasteiger partial charge in [-0.25, -0.2) is 8.42 Å². The number of rotatable bonds is 5. The van der Waals surface area contributed by atoms with Gasteiger partial charge in [0.1, 0.15) is 5.75 Å². The van der Waals surface area contributed by atoms with Gasteiger partial charge in [0.05, 0.1) is 16.0 Å². The first-order valence-electron chi connectivity index (χ1n) is 9.07. The van der Waals surface area contributed by atoms with E-state index in [2.05, 4.69) is 52.9 Å². The molecule has 3 rings (SSSR count). The van der Waals surface area contributed by atoms with Gasteiger partial charge in [-0.1, -0.05) is 6.07 Å². The van der Waals surface area contributed by atoms with Crippen LogP contribution in [0.3, 0.4) is 0 Å². The van der Waals surface area contributed by atoms with E-state index < -0.39 is 10.0 Å². The van der Waals surface area contributed by atoms with Crippen LogP contribution in [0.2, 0.25) is 0 Å². The monoisotopic (exact) mass is 452 g/mol. The van der Waals surface area contributed by atoms with Crippen LogP contribution in [0.25, 0.3) is 0 Å². The zero-order chi connectivity index (χ0) is 19.6. The third-order valence-corrected chi connectivity index (χ3v) is 7.48. The molecule has 1 fully saturated rings. The summed E-state index contributed by atoms with van der Waals surface area (Å²) in [5, 5.41) is 0. The summed E-state index contributed by atoms with van der Waals surface area (Å²) in [7, 11) is -3.53. The highest BCUT2D eigenvalue weighted by atomic mass is 79.9. The normalized spacial score (nSPS) is 15.8. The van der Waals surface area contributed by atoms with E-state index in [9.17, 15) is 8.42 Å². The summed E-state index contributed by atoms with van der Waals surface area (Å²) in [6.07, 6.45) is 0. The summed E-state index contributed by atoms with van der Waals surface area (Å²) in [6.45, 7) is 8.84. The Morgan fingerprint density at radius 3 is 2.33 bits per heavy atom. The summed E-state index contributed by atoms with van der Waals surface area (Å²) < 4.78 is 33.9. The van der Waals surface area contributed by atoms with Gasteiger partial charge >= 0.3 is 0 Å². The Kier molecular flexibility index (Phi) is 6.13. The fourth-order valence-corrected chi connectivity index (χ4v) is 4.97. The predicted molar refractivity (Wildman–Crippen MR) is 112 cm³/mol. The van der Waals surface area contributed by atoms with Crippen molar-refractivity contribution in [2.24, 2.45) is 0 Å². The summed E-state index contributed by atoms with van der Waals surface area (Å²) >= 11 is 3.40. The lowest BCUT2D eigenvalue weighted by Gasteiger charge is -2.35. The van der Waals surface area contributed by atoms with Gasteiger partial charge in [0, 0.05) is 37.9 Å². The highest BCUT2D eigenvalue weighted by molar-refractivity contribution is 9.10. The molecule has 0 bridgehead atoms. The van der Waals surface area contributed by atoms with Gasteiger partial charge in [-0.05, 0) is 72.1 Å². The Hall–Kier alpha value is -1.57. The molecule has 0 saturated carbocycles. The van der Waals surface area contributed by atoms with Crippen molar-refractivity contribution in [1.82, 2.24) is 4.31 Å². The van der Waals surface area contributed by atoms with Crippen molar-refractivity contribution in [3.8, 4) is 5.75 Å². The van der Waals surface area contributed by atoms with E-state index in [-0.39, 0.29) is 4.90 Å². The van der Waals surface area contributed by atoms with Crippen LogP contribution in [-0.2, 0) is 10.0 Å². The second-order valence-electron chi connectivity index (χ2n) is 6.68. The van der Waals surface area contributed by atoms with Crippen molar-refractivity contribution in [2.75, 3.05) is 37.7 Å². The van der Waals surface area contributed by atoms with Gasteiger partial charge in [0.15, 0.2) is 0 Å². The van der Waals surface area contributed by atoms with Crippen molar-refractivity contribution in [2.45, 2.75) is 25.7 Å². The average Bonchev–Trinajstić information content (AvgIpc) is 2.66. The van der Waals surface area contributed by atoms with Crippen LogP contribution in [0.15, 0.2) is 45.8 Å². The van der Waals surface area contributed by atoms with Gasteiger partial charge in [0.25, 0.3) is 0 Å². The largest absolute Gasteiger partial charge is 0.493 e. The highest BCUT2D eigenvalue weighted by Crippen LogP contribution is 2.30. The number of halogens is 1. The Bertz CT molecular complexity index is 923. The number of anilines is 1. The molecule has 0 atom stereocenters. The van der Waals surface area contributed by atoms with Crippen LogP contribution in [-0.4, -0.2) is 45.5 Å². The molecule has 2 aromatic carbocycles. The maximum atomic E-state index is 13.0. The Labute approximate surface area is 170 Å². The maximum Gasteiger partial charge on any atom is 0.243 e. The predicted octanol–water partition coefficient (Wildman–Crippen LogP) is 3.98. The Morgan fingerprint density at radius 2 is 1.70 bits per heavy atom. The summed E-state index contributed by atoms with van der Waals surface area (Å²) in [5.41, 5.74) is 3.67. The van der Waals surface area contributed by atoms with Crippen LogP contribution >= 0.6 is 15.9 Å². The minimum Gasteiger partial charge on any atom is -0.493 e. The standard InChI is InChI=1S/C20H25BrN2O3S/c1-4-26-20-14-18(7-8-19(20)21)27(24,25)23-11-9-22(10-12-23)17-6-5-15(2)16(3)13-17/h5-8,13-14H,4,9-12H2,1-3H3. The van der Waals surface area contributed by atoms with E-state index in [1.54, 1.807) is 22.5 Å². The minimum atomic E-state index is -3.53. The quantitative estimate of drug-likeness (QED) is 0.688. The molecular formula is C20H25BrN2O3S. The molecule has 2 aromatic rings. The van der Waals surface area contributed by atoms with Crippen LogP contribution in [0, 0.1) is 13.8 Å². The van der Waals surface area contributed by atoms with E-state index >= 15 is 0 Å². The molecule has 7 heteroatoms. The van der Waals surface area contributed by atoms with Crippen molar-refractivity contribution in [3.63, 3.8) is 0 Å². The number of benzene rings is 2. The number of aryl methyl sites for hydroxylation is 2. The molecule has 0 aromatic heterocycles. The fourth-order valence-electron chi connectivity index (χ4n) is 3.17. The third kappa shape index (κ3) is 4.31. The van der Waals surface area contributed by atoms with Gasteiger partial charge in [-0.15, -0.1) is 0 Å². The van der Waals surface area contributed by atoms with Crippen LogP contribution in [0.5, 0.6) is 5.75 Å². The molecule has 0 N–H and O–H groups in total. The van der Waals surface area contributed by atoms with E-state index in [1.807, 2.05) is 6.92 Å². The molecule has 5 nitrogen and oxygen atoms in total. The zero-order valence-corrected chi connectivity index (χ0v) is 18.3. The maximum absolute atomic E-state index is 13.0. The molecule has 1 saturated heterocycles. The number of hydrogen-bond donors (Lipinski definition) is 0. The molecule has 0 amide bonds. The third-order valence-electron chi connectivity index (χ3n) is 4.93. The first kappa shape index (κ1) is 20.2. The lowest BCUT2D eigenvalue weighted by Crippen LogP contribution is -2.48. The molecular weight excluding hydrogens is 428 g/mol.